The van der Waals surface area contributed by atoms with E-state index in [0.717, 1.165) is 4.31 Å². The molecular weight excluding hydrogens is 492 g/mol. The fraction of sp³-hybridized carbons (Fsp3) is 0.0357. The number of carbonyl (C=O) groups excluding carboxylic acids is 1. The van der Waals surface area contributed by atoms with Gasteiger partial charge in [0.1, 0.15) is 5.75 Å². The SMILES string of the molecule is COc1ccc(N(C(=O)c2c3ccccc3nc3ccccc23)S(=O)(=O)c2ccc(C(=O)O)cc2)cc1. The highest BCUT2D eigenvalue weighted by molar-refractivity contribution is 7.93. The van der Waals surface area contributed by atoms with Crippen molar-refractivity contribution < 1.29 is 27.9 Å². The lowest BCUT2D eigenvalue weighted by Crippen LogP contribution is -2.37. The molecule has 0 unspecified atom stereocenters. The molecule has 184 valence electrons. The van der Waals surface area contributed by atoms with Crippen LogP contribution >= 0.6 is 0 Å². The number of benzene rings is 4. The number of anilines is 1. The summed E-state index contributed by atoms with van der Waals surface area (Å²) in [4.78, 5) is 30.0. The molecule has 0 aliphatic rings. The number of hydrogen-bond donors (Lipinski definition) is 1. The lowest BCUT2D eigenvalue weighted by Gasteiger charge is -2.24. The maximum Gasteiger partial charge on any atom is 0.335 e. The molecule has 0 atom stereocenters. The molecule has 0 bridgehead atoms. The van der Waals surface area contributed by atoms with Gasteiger partial charge in [0.25, 0.3) is 15.9 Å². The zero-order valence-electron chi connectivity index (χ0n) is 19.5. The second kappa shape index (κ2) is 9.36. The highest BCUT2D eigenvalue weighted by Gasteiger charge is 2.34. The zero-order chi connectivity index (χ0) is 26.2. The molecule has 8 nitrogen and oxygen atoms in total. The van der Waals surface area contributed by atoms with Gasteiger partial charge in [-0.3, -0.25) is 4.79 Å². The van der Waals surface area contributed by atoms with Gasteiger partial charge in [-0.25, -0.2) is 18.2 Å². The Labute approximate surface area is 212 Å². The quantitative estimate of drug-likeness (QED) is 0.314. The minimum atomic E-state index is -4.47. The first kappa shape index (κ1) is 24.0. The largest absolute Gasteiger partial charge is 0.497 e. The number of ether oxygens (including phenoxy) is 1. The van der Waals surface area contributed by atoms with Gasteiger partial charge < -0.3 is 9.84 Å². The molecule has 5 aromatic rings. The highest BCUT2D eigenvalue weighted by Crippen LogP contribution is 2.33. The highest BCUT2D eigenvalue weighted by atomic mass is 32.2. The molecule has 1 aromatic heterocycles. The number of rotatable bonds is 6. The lowest BCUT2D eigenvalue weighted by molar-refractivity contribution is 0.0696. The van der Waals surface area contributed by atoms with Crippen molar-refractivity contribution in [3.05, 3.63) is 108 Å². The van der Waals surface area contributed by atoms with Crippen LogP contribution in [0.3, 0.4) is 0 Å². The number of carboxylic acid groups (broad SMARTS) is 1. The fourth-order valence-electron chi connectivity index (χ4n) is 4.13. The van der Waals surface area contributed by atoms with Crippen LogP contribution in [0.5, 0.6) is 5.75 Å². The van der Waals surface area contributed by atoms with Gasteiger partial charge in [0.05, 0.1) is 39.9 Å². The second-order valence-electron chi connectivity index (χ2n) is 8.12. The Morgan fingerprint density at radius 1 is 0.784 bits per heavy atom. The van der Waals surface area contributed by atoms with Gasteiger partial charge in [0.2, 0.25) is 0 Å². The number of aromatic nitrogens is 1. The molecule has 0 saturated carbocycles. The number of pyridine rings is 1. The van der Waals surface area contributed by atoms with Gasteiger partial charge >= 0.3 is 5.97 Å². The van der Waals surface area contributed by atoms with Crippen molar-refractivity contribution in [3.8, 4) is 5.75 Å². The summed E-state index contributed by atoms with van der Waals surface area (Å²) in [6.45, 7) is 0. The van der Waals surface area contributed by atoms with Gasteiger partial charge in [-0.2, -0.15) is 4.31 Å². The van der Waals surface area contributed by atoms with Gasteiger partial charge in [-0.05, 0) is 60.7 Å². The Balaban J connectivity index is 1.77. The Bertz CT molecular complexity index is 1710. The van der Waals surface area contributed by atoms with Gasteiger partial charge in [-0.1, -0.05) is 36.4 Å². The molecule has 5 rings (SSSR count). The number of methoxy groups -OCH3 is 1. The van der Waals surface area contributed by atoms with Gasteiger partial charge in [0.15, 0.2) is 0 Å². The van der Waals surface area contributed by atoms with E-state index < -0.39 is 21.9 Å². The average Bonchev–Trinajstić information content (AvgIpc) is 2.92. The Morgan fingerprint density at radius 3 is 1.84 bits per heavy atom. The topological polar surface area (TPSA) is 114 Å². The first-order valence-electron chi connectivity index (χ1n) is 11.2. The maximum atomic E-state index is 14.3. The zero-order valence-corrected chi connectivity index (χ0v) is 20.3. The van der Waals surface area contributed by atoms with Gasteiger partial charge in [-0.15, -0.1) is 0 Å². The van der Waals surface area contributed by atoms with Crippen LogP contribution in [0.15, 0.2) is 102 Å². The van der Waals surface area contributed by atoms with Crippen LogP contribution in [-0.2, 0) is 10.0 Å². The Morgan fingerprint density at radius 2 is 1.32 bits per heavy atom. The number of amides is 1. The van der Waals surface area contributed by atoms with Crippen LogP contribution < -0.4 is 9.04 Å². The number of nitrogens with zero attached hydrogens (tertiary/aromatic N) is 2. The summed E-state index contributed by atoms with van der Waals surface area (Å²) >= 11 is 0. The molecule has 0 fully saturated rings. The molecule has 0 radical (unpaired) electrons. The minimum absolute atomic E-state index is 0.0765. The van der Waals surface area contributed by atoms with Crippen molar-refractivity contribution in [2.75, 3.05) is 11.4 Å². The third-order valence-electron chi connectivity index (χ3n) is 5.93. The van der Waals surface area contributed by atoms with E-state index in [1.807, 2.05) is 0 Å². The molecule has 0 aliphatic carbocycles. The molecule has 0 spiro atoms. The molecule has 1 heterocycles. The average molecular weight is 513 g/mol. The van der Waals surface area contributed by atoms with Crippen LogP contribution in [-0.4, -0.2) is 37.5 Å². The summed E-state index contributed by atoms with van der Waals surface area (Å²) in [5, 5.41) is 10.2. The summed E-state index contributed by atoms with van der Waals surface area (Å²) in [6.07, 6.45) is 0. The fourth-order valence-corrected chi connectivity index (χ4v) is 5.53. The van der Waals surface area contributed by atoms with Crippen LogP contribution in [0.2, 0.25) is 0 Å². The van der Waals surface area contributed by atoms with Crippen molar-refractivity contribution in [2.24, 2.45) is 0 Å². The molecular formula is C28H20N2O6S. The van der Waals surface area contributed by atoms with Crippen LogP contribution in [0, 0.1) is 0 Å². The predicted molar refractivity (Wildman–Crippen MR) is 140 cm³/mol. The molecule has 4 aromatic carbocycles. The minimum Gasteiger partial charge on any atom is -0.497 e. The number of carbonyl (C=O) groups is 2. The van der Waals surface area contributed by atoms with Crippen molar-refractivity contribution >= 4 is 49.4 Å². The predicted octanol–water partition coefficient (Wildman–Crippen LogP) is 5.13. The molecule has 0 aliphatic heterocycles. The lowest BCUT2D eigenvalue weighted by atomic mass is 10.0. The molecule has 0 saturated heterocycles. The van der Waals surface area contributed by atoms with Crippen molar-refractivity contribution in [1.82, 2.24) is 4.98 Å². The van der Waals surface area contributed by atoms with Crippen molar-refractivity contribution in [2.45, 2.75) is 4.90 Å². The van der Waals surface area contributed by atoms with E-state index in [1.165, 1.54) is 43.5 Å². The van der Waals surface area contributed by atoms with Gasteiger partial charge in [0, 0.05) is 10.8 Å². The number of para-hydroxylation sites is 2. The third-order valence-corrected chi connectivity index (χ3v) is 7.66. The van der Waals surface area contributed by atoms with Crippen LogP contribution in [0.25, 0.3) is 21.8 Å². The molecule has 9 heteroatoms. The second-order valence-corrected chi connectivity index (χ2v) is 9.91. The van der Waals surface area contributed by atoms with Crippen LogP contribution in [0.1, 0.15) is 20.7 Å². The first-order valence-corrected chi connectivity index (χ1v) is 12.6. The summed E-state index contributed by atoms with van der Waals surface area (Å²) in [7, 11) is -2.99. The number of carboxylic acids is 1. The van der Waals surface area contributed by atoms with Crippen LogP contribution in [0.4, 0.5) is 5.69 Å². The smallest absolute Gasteiger partial charge is 0.335 e. The van der Waals surface area contributed by atoms with E-state index in [4.69, 9.17) is 4.74 Å². The normalized spacial score (nSPS) is 11.4. The van der Waals surface area contributed by atoms with E-state index in [1.54, 1.807) is 60.7 Å². The third kappa shape index (κ3) is 4.25. The number of aromatic carboxylic acids is 1. The number of fused-ring (bicyclic) bond motifs is 2. The van der Waals surface area contributed by atoms with E-state index in [2.05, 4.69) is 4.98 Å². The summed E-state index contributed by atoms with van der Waals surface area (Å²) < 4.78 is 33.9. The van der Waals surface area contributed by atoms with E-state index in [9.17, 15) is 23.1 Å². The first-order chi connectivity index (χ1) is 17.8. The molecule has 1 N–H and O–H groups in total. The number of hydrogen-bond acceptors (Lipinski definition) is 6. The molecule has 1 amide bonds. The van der Waals surface area contributed by atoms with Crippen molar-refractivity contribution in [1.29, 1.82) is 0 Å². The summed E-state index contributed by atoms with van der Waals surface area (Å²) in [6, 6.07) is 24.8. The monoisotopic (exact) mass is 512 g/mol. The van der Waals surface area contributed by atoms with E-state index in [-0.39, 0.29) is 21.7 Å². The Kier molecular flexibility index (Phi) is 6.06. The van der Waals surface area contributed by atoms with E-state index in [0.29, 0.717) is 27.6 Å². The Hall–Kier alpha value is -4.76. The summed E-state index contributed by atoms with van der Waals surface area (Å²) in [5.41, 5.74) is 1.29. The van der Waals surface area contributed by atoms with E-state index >= 15 is 0 Å². The summed E-state index contributed by atoms with van der Waals surface area (Å²) in [5.74, 6) is -1.48. The molecule has 37 heavy (non-hydrogen) atoms. The maximum absolute atomic E-state index is 14.3. The van der Waals surface area contributed by atoms with Crippen molar-refractivity contribution in [3.63, 3.8) is 0 Å². The number of sulfonamides is 1. The standard InChI is InChI=1S/C28H20N2O6S/c1-36-20-14-12-19(13-15-20)30(37(34,35)21-16-10-18(11-17-21)28(32)33)27(31)26-22-6-2-4-8-24(22)29-25-9-5-3-7-23(25)26/h2-17H,1H3,(H,32,33).